The maximum absolute atomic E-state index is 12.8. The van der Waals surface area contributed by atoms with Crippen molar-refractivity contribution in [2.75, 3.05) is 7.11 Å². The number of halogens is 2. The molecule has 5 heteroatoms. The van der Waals surface area contributed by atoms with Crippen LogP contribution in [0.15, 0.2) is 10.8 Å². The molecule has 3 nitrogen and oxygen atoms in total. The fourth-order valence-electron chi connectivity index (χ4n) is 0.639. The molecule has 1 heterocycles. The zero-order chi connectivity index (χ0) is 8.43. The number of H-pyrrole nitrogens is 1. The predicted molar refractivity (Wildman–Crippen MR) is 39.8 cm³/mol. The highest BCUT2D eigenvalue weighted by Gasteiger charge is 2.15. The summed E-state index contributed by atoms with van der Waals surface area (Å²) in [5.74, 6) is -1.32. The standard InChI is InChI=1S/C6H5BrFNO2/c1-11-6(10)3-2-9-5(7)4(3)8/h2,9H,1H3. The lowest BCUT2D eigenvalue weighted by molar-refractivity contribution is 0.0596. The predicted octanol–water partition coefficient (Wildman–Crippen LogP) is 1.70. The molecule has 0 spiro atoms. The van der Waals surface area contributed by atoms with Crippen molar-refractivity contribution in [1.82, 2.24) is 4.98 Å². The summed E-state index contributed by atoms with van der Waals surface area (Å²) in [6.45, 7) is 0. The van der Waals surface area contributed by atoms with Crippen molar-refractivity contribution in [3.63, 3.8) is 0 Å². The average molecular weight is 222 g/mol. The van der Waals surface area contributed by atoms with Crippen LogP contribution in [0.4, 0.5) is 4.39 Å². The van der Waals surface area contributed by atoms with E-state index in [4.69, 9.17) is 0 Å². The molecule has 1 aromatic heterocycles. The van der Waals surface area contributed by atoms with Crippen molar-refractivity contribution in [1.29, 1.82) is 0 Å². The molecule has 1 aromatic rings. The van der Waals surface area contributed by atoms with Crippen LogP contribution in [0.1, 0.15) is 10.4 Å². The molecule has 0 aliphatic heterocycles. The first kappa shape index (κ1) is 8.26. The van der Waals surface area contributed by atoms with E-state index in [-0.39, 0.29) is 10.2 Å². The van der Waals surface area contributed by atoms with Crippen molar-refractivity contribution in [3.05, 3.63) is 22.2 Å². The fraction of sp³-hybridized carbons (Fsp3) is 0.167. The van der Waals surface area contributed by atoms with E-state index >= 15 is 0 Å². The Morgan fingerprint density at radius 2 is 2.45 bits per heavy atom. The highest BCUT2D eigenvalue weighted by atomic mass is 79.9. The molecular formula is C6H5BrFNO2. The lowest BCUT2D eigenvalue weighted by Crippen LogP contribution is -2.01. The molecule has 0 radical (unpaired) electrons. The van der Waals surface area contributed by atoms with Crippen LogP contribution in [-0.2, 0) is 4.74 Å². The van der Waals surface area contributed by atoms with Crippen molar-refractivity contribution in [2.45, 2.75) is 0 Å². The van der Waals surface area contributed by atoms with Gasteiger partial charge < -0.3 is 9.72 Å². The molecule has 0 saturated carbocycles. The number of carbonyl (C=O) groups excluding carboxylic acids is 1. The number of esters is 1. The number of carbonyl (C=O) groups is 1. The van der Waals surface area contributed by atoms with Gasteiger partial charge in [-0.05, 0) is 15.9 Å². The molecule has 0 saturated heterocycles. The second-order valence-electron chi connectivity index (χ2n) is 1.82. The zero-order valence-corrected chi connectivity index (χ0v) is 7.24. The Balaban J connectivity index is 3.04. The van der Waals surface area contributed by atoms with Crippen LogP contribution < -0.4 is 0 Å². The number of hydrogen-bond donors (Lipinski definition) is 1. The first-order valence-electron chi connectivity index (χ1n) is 2.77. The third-order valence-electron chi connectivity index (χ3n) is 1.18. The van der Waals surface area contributed by atoms with Gasteiger partial charge in [-0.3, -0.25) is 0 Å². The lowest BCUT2D eigenvalue weighted by atomic mass is 10.3. The molecule has 0 aliphatic carbocycles. The molecular weight excluding hydrogens is 217 g/mol. The van der Waals surface area contributed by atoms with Gasteiger partial charge in [-0.25, -0.2) is 9.18 Å². The maximum Gasteiger partial charge on any atom is 0.342 e. The van der Waals surface area contributed by atoms with Gasteiger partial charge in [0.05, 0.1) is 7.11 Å². The quantitative estimate of drug-likeness (QED) is 0.734. The van der Waals surface area contributed by atoms with E-state index in [0.717, 1.165) is 0 Å². The largest absolute Gasteiger partial charge is 0.465 e. The van der Waals surface area contributed by atoms with E-state index < -0.39 is 11.8 Å². The monoisotopic (exact) mass is 221 g/mol. The molecule has 0 amide bonds. The third kappa shape index (κ3) is 1.42. The third-order valence-corrected chi connectivity index (χ3v) is 1.75. The number of rotatable bonds is 1. The Morgan fingerprint density at radius 3 is 2.82 bits per heavy atom. The summed E-state index contributed by atoms with van der Waals surface area (Å²) < 4.78 is 17.3. The van der Waals surface area contributed by atoms with Crippen LogP contribution >= 0.6 is 15.9 Å². The van der Waals surface area contributed by atoms with Crippen molar-refractivity contribution in [2.24, 2.45) is 0 Å². The highest BCUT2D eigenvalue weighted by molar-refractivity contribution is 9.10. The Labute approximate surface area is 70.7 Å². The molecule has 1 N–H and O–H groups in total. The van der Waals surface area contributed by atoms with Crippen LogP contribution in [0.2, 0.25) is 0 Å². The minimum atomic E-state index is -0.690. The Bertz CT molecular complexity index is 284. The summed E-state index contributed by atoms with van der Waals surface area (Å²) in [7, 11) is 1.20. The minimum absolute atomic E-state index is 0.0978. The second kappa shape index (κ2) is 3.04. The molecule has 0 atom stereocenters. The molecule has 0 unspecified atom stereocenters. The number of hydrogen-bond acceptors (Lipinski definition) is 2. The smallest absolute Gasteiger partial charge is 0.342 e. The van der Waals surface area contributed by atoms with Crippen LogP contribution in [-0.4, -0.2) is 18.1 Å². The number of aromatic amines is 1. The minimum Gasteiger partial charge on any atom is -0.465 e. The molecule has 0 fully saturated rings. The van der Waals surface area contributed by atoms with Gasteiger partial charge in [0.2, 0.25) is 0 Å². The topological polar surface area (TPSA) is 42.1 Å². The van der Waals surface area contributed by atoms with Gasteiger partial charge in [-0.2, -0.15) is 0 Å². The van der Waals surface area contributed by atoms with Crippen molar-refractivity contribution < 1.29 is 13.9 Å². The van der Waals surface area contributed by atoms with E-state index in [9.17, 15) is 9.18 Å². The van der Waals surface area contributed by atoms with E-state index in [1.165, 1.54) is 13.3 Å². The number of aromatic nitrogens is 1. The van der Waals surface area contributed by atoms with Crippen LogP contribution in [0.5, 0.6) is 0 Å². The van der Waals surface area contributed by atoms with E-state index in [1.54, 1.807) is 0 Å². The van der Waals surface area contributed by atoms with E-state index in [1.807, 2.05) is 0 Å². The summed E-state index contributed by atoms with van der Waals surface area (Å²) in [5, 5.41) is 0. The van der Waals surface area contributed by atoms with Crippen LogP contribution in [0.3, 0.4) is 0 Å². The lowest BCUT2D eigenvalue weighted by Gasteiger charge is -1.92. The second-order valence-corrected chi connectivity index (χ2v) is 2.61. The Morgan fingerprint density at radius 1 is 1.82 bits per heavy atom. The molecule has 1 rings (SSSR count). The van der Waals surface area contributed by atoms with Gasteiger partial charge in [-0.15, -0.1) is 0 Å². The molecule has 11 heavy (non-hydrogen) atoms. The Kier molecular flexibility index (Phi) is 2.28. The molecule has 0 bridgehead atoms. The molecule has 0 aliphatic rings. The summed E-state index contributed by atoms with van der Waals surface area (Å²) in [4.78, 5) is 13.2. The highest BCUT2D eigenvalue weighted by Crippen LogP contribution is 2.17. The van der Waals surface area contributed by atoms with Gasteiger partial charge in [0.1, 0.15) is 10.2 Å². The SMILES string of the molecule is COC(=O)c1c[nH]c(Br)c1F. The van der Waals surface area contributed by atoms with Gasteiger partial charge >= 0.3 is 5.97 Å². The number of ether oxygens (including phenoxy) is 1. The maximum atomic E-state index is 12.8. The van der Waals surface area contributed by atoms with Gasteiger partial charge in [-0.1, -0.05) is 0 Å². The van der Waals surface area contributed by atoms with Crippen molar-refractivity contribution in [3.8, 4) is 0 Å². The first-order chi connectivity index (χ1) is 5.16. The van der Waals surface area contributed by atoms with Gasteiger partial charge in [0.25, 0.3) is 0 Å². The fourth-order valence-corrected chi connectivity index (χ4v) is 0.967. The van der Waals surface area contributed by atoms with E-state index in [0.29, 0.717) is 0 Å². The van der Waals surface area contributed by atoms with Gasteiger partial charge in [0, 0.05) is 6.20 Å². The van der Waals surface area contributed by atoms with E-state index in [2.05, 4.69) is 25.7 Å². The first-order valence-corrected chi connectivity index (χ1v) is 3.56. The van der Waals surface area contributed by atoms with Crippen LogP contribution in [0, 0.1) is 5.82 Å². The van der Waals surface area contributed by atoms with Crippen molar-refractivity contribution >= 4 is 21.9 Å². The molecule has 0 aromatic carbocycles. The summed E-state index contributed by atoms with van der Waals surface area (Å²) in [6, 6.07) is 0. The summed E-state index contributed by atoms with van der Waals surface area (Å²) in [5.41, 5.74) is -0.0978. The number of nitrogens with one attached hydrogen (secondary N) is 1. The average Bonchev–Trinajstić information content (AvgIpc) is 2.32. The Hall–Kier alpha value is -0.840. The molecule has 60 valence electrons. The normalized spacial score (nSPS) is 9.73. The van der Waals surface area contributed by atoms with Crippen LogP contribution in [0.25, 0.3) is 0 Å². The zero-order valence-electron chi connectivity index (χ0n) is 5.65. The number of methoxy groups -OCH3 is 1. The summed E-state index contributed by atoms with van der Waals surface area (Å²) in [6.07, 6.45) is 1.24. The summed E-state index contributed by atoms with van der Waals surface area (Å²) >= 11 is 2.88. The van der Waals surface area contributed by atoms with Gasteiger partial charge in [0.15, 0.2) is 5.82 Å².